The summed E-state index contributed by atoms with van der Waals surface area (Å²) in [5.74, 6) is -1.24. The maximum atomic E-state index is 13.2. The summed E-state index contributed by atoms with van der Waals surface area (Å²) in [5, 5.41) is 10.6. The lowest BCUT2D eigenvalue weighted by molar-refractivity contribution is -0.387. The number of hydrogen-bond donors (Lipinski definition) is 0. The first-order chi connectivity index (χ1) is 9.58. The molecule has 0 saturated heterocycles. The zero-order valence-corrected chi connectivity index (χ0v) is 11.0. The highest BCUT2D eigenvalue weighted by molar-refractivity contribution is 5.90. The molecule has 0 unspecified atom stereocenters. The summed E-state index contributed by atoms with van der Waals surface area (Å²) in [5.41, 5.74) is -0.703. The van der Waals surface area contributed by atoms with Gasteiger partial charge in [-0.3, -0.25) is 10.1 Å². The monoisotopic (exact) mass is 281 g/mol. The Kier molecular flexibility index (Phi) is 4.65. The lowest BCUT2D eigenvalue weighted by Crippen LogP contribution is -2.17. The largest absolute Gasteiger partial charge is 0.462 e. The van der Waals surface area contributed by atoms with Crippen molar-refractivity contribution in [2.75, 3.05) is 6.61 Å². The van der Waals surface area contributed by atoms with E-state index >= 15 is 0 Å². The van der Waals surface area contributed by atoms with Gasteiger partial charge in [0.15, 0.2) is 0 Å². The SMILES string of the molecule is O=C(OCC1CCCCC1)c1ccc(F)c([N+](=O)[O-])c1. The van der Waals surface area contributed by atoms with Crippen LogP contribution < -0.4 is 0 Å². The van der Waals surface area contributed by atoms with E-state index in [1.165, 1.54) is 12.5 Å². The van der Waals surface area contributed by atoms with Crippen molar-refractivity contribution in [3.63, 3.8) is 0 Å². The molecule has 0 amide bonds. The van der Waals surface area contributed by atoms with Crippen molar-refractivity contribution in [3.8, 4) is 0 Å². The van der Waals surface area contributed by atoms with Gasteiger partial charge in [0.05, 0.1) is 17.1 Å². The fourth-order valence-corrected chi connectivity index (χ4v) is 2.41. The molecule has 0 heterocycles. The third-order valence-corrected chi connectivity index (χ3v) is 3.55. The van der Waals surface area contributed by atoms with E-state index < -0.39 is 22.4 Å². The Balaban J connectivity index is 1.98. The van der Waals surface area contributed by atoms with Crippen LogP contribution in [0, 0.1) is 21.8 Å². The summed E-state index contributed by atoms with van der Waals surface area (Å²) in [6.07, 6.45) is 5.58. The molecule has 1 fully saturated rings. The van der Waals surface area contributed by atoms with Crippen molar-refractivity contribution in [3.05, 3.63) is 39.7 Å². The van der Waals surface area contributed by atoms with Gasteiger partial charge in [0.1, 0.15) is 0 Å². The fourth-order valence-electron chi connectivity index (χ4n) is 2.41. The molecule has 0 atom stereocenters. The van der Waals surface area contributed by atoms with E-state index in [-0.39, 0.29) is 5.56 Å². The Morgan fingerprint density at radius 2 is 2.05 bits per heavy atom. The highest BCUT2D eigenvalue weighted by atomic mass is 19.1. The minimum absolute atomic E-state index is 0.00825. The summed E-state index contributed by atoms with van der Waals surface area (Å²) in [6.45, 7) is 0.323. The highest BCUT2D eigenvalue weighted by Gasteiger charge is 2.20. The lowest BCUT2D eigenvalue weighted by atomic mass is 9.90. The molecule has 1 aliphatic rings. The molecule has 0 aliphatic heterocycles. The molecule has 108 valence electrons. The van der Waals surface area contributed by atoms with Crippen molar-refractivity contribution in [2.45, 2.75) is 32.1 Å². The van der Waals surface area contributed by atoms with E-state index in [4.69, 9.17) is 4.74 Å². The second-order valence-corrected chi connectivity index (χ2v) is 5.03. The Bertz CT molecular complexity index is 512. The summed E-state index contributed by atoms with van der Waals surface area (Å²) >= 11 is 0. The van der Waals surface area contributed by atoms with E-state index in [2.05, 4.69) is 0 Å². The molecule has 5 nitrogen and oxygen atoms in total. The van der Waals surface area contributed by atoms with Crippen LogP contribution in [0.2, 0.25) is 0 Å². The van der Waals surface area contributed by atoms with Crippen LogP contribution in [0.1, 0.15) is 42.5 Å². The number of esters is 1. The average Bonchev–Trinajstić information content (AvgIpc) is 2.46. The smallest absolute Gasteiger partial charge is 0.338 e. The summed E-state index contributed by atoms with van der Waals surface area (Å²) in [6, 6.07) is 3.03. The molecule has 6 heteroatoms. The van der Waals surface area contributed by atoms with Gasteiger partial charge >= 0.3 is 11.7 Å². The Morgan fingerprint density at radius 3 is 2.70 bits per heavy atom. The number of carbonyl (C=O) groups is 1. The second kappa shape index (κ2) is 6.45. The van der Waals surface area contributed by atoms with Gasteiger partial charge in [-0.25, -0.2) is 4.79 Å². The molecule has 0 radical (unpaired) electrons. The standard InChI is InChI=1S/C14H16FNO4/c15-12-7-6-11(8-13(12)16(18)19)14(17)20-9-10-4-2-1-3-5-10/h6-8,10H,1-5,9H2. The third-order valence-electron chi connectivity index (χ3n) is 3.55. The molecule has 0 aromatic heterocycles. The van der Waals surface area contributed by atoms with Gasteiger partial charge in [0.25, 0.3) is 0 Å². The molecule has 20 heavy (non-hydrogen) atoms. The van der Waals surface area contributed by atoms with E-state index in [0.29, 0.717) is 12.5 Å². The first-order valence-electron chi connectivity index (χ1n) is 6.69. The van der Waals surface area contributed by atoms with Crippen molar-refractivity contribution in [1.29, 1.82) is 0 Å². The fraction of sp³-hybridized carbons (Fsp3) is 0.500. The number of ether oxygens (including phenoxy) is 1. The molecule has 1 aromatic carbocycles. The number of carbonyl (C=O) groups excluding carboxylic acids is 1. The van der Waals surface area contributed by atoms with Crippen LogP contribution in [0.4, 0.5) is 10.1 Å². The first kappa shape index (κ1) is 14.4. The maximum Gasteiger partial charge on any atom is 0.338 e. The Morgan fingerprint density at radius 1 is 1.35 bits per heavy atom. The molecule has 0 N–H and O–H groups in total. The summed E-state index contributed by atoms with van der Waals surface area (Å²) in [4.78, 5) is 21.6. The van der Waals surface area contributed by atoms with Gasteiger partial charge in [0.2, 0.25) is 5.82 Å². The molecule has 0 spiro atoms. The van der Waals surface area contributed by atoms with Crippen LogP contribution in [0.25, 0.3) is 0 Å². The van der Waals surface area contributed by atoms with Gasteiger partial charge in [0, 0.05) is 6.07 Å². The second-order valence-electron chi connectivity index (χ2n) is 5.03. The van der Waals surface area contributed by atoms with Crippen LogP contribution in [0.5, 0.6) is 0 Å². The topological polar surface area (TPSA) is 69.4 Å². The average molecular weight is 281 g/mol. The van der Waals surface area contributed by atoms with E-state index in [1.54, 1.807) is 0 Å². The van der Waals surface area contributed by atoms with Crippen LogP contribution in [0.15, 0.2) is 18.2 Å². The summed E-state index contributed by atoms with van der Waals surface area (Å²) < 4.78 is 18.3. The molecular formula is C14H16FNO4. The van der Waals surface area contributed by atoms with Gasteiger partial charge in [-0.2, -0.15) is 4.39 Å². The number of hydrogen-bond acceptors (Lipinski definition) is 4. The minimum atomic E-state index is -0.959. The quantitative estimate of drug-likeness (QED) is 0.481. The third kappa shape index (κ3) is 3.53. The van der Waals surface area contributed by atoms with Gasteiger partial charge in [-0.15, -0.1) is 0 Å². The minimum Gasteiger partial charge on any atom is -0.462 e. The van der Waals surface area contributed by atoms with E-state index in [0.717, 1.165) is 37.8 Å². The Hall–Kier alpha value is -1.98. The van der Waals surface area contributed by atoms with Crippen LogP contribution >= 0.6 is 0 Å². The number of benzene rings is 1. The zero-order valence-electron chi connectivity index (χ0n) is 11.0. The predicted molar refractivity (Wildman–Crippen MR) is 69.9 cm³/mol. The van der Waals surface area contributed by atoms with Crippen molar-refractivity contribution in [1.82, 2.24) is 0 Å². The zero-order chi connectivity index (χ0) is 14.5. The van der Waals surface area contributed by atoms with Crippen LogP contribution in [-0.2, 0) is 4.74 Å². The predicted octanol–water partition coefficient (Wildman–Crippen LogP) is 3.47. The first-order valence-corrected chi connectivity index (χ1v) is 6.69. The molecule has 1 aromatic rings. The number of nitrogens with zero attached hydrogens (tertiary/aromatic N) is 1. The van der Waals surface area contributed by atoms with Crippen LogP contribution in [-0.4, -0.2) is 17.5 Å². The molecule has 1 saturated carbocycles. The van der Waals surface area contributed by atoms with Gasteiger partial charge in [-0.1, -0.05) is 19.3 Å². The number of halogens is 1. The maximum absolute atomic E-state index is 13.2. The van der Waals surface area contributed by atoms with Crippen molar-refractivity contribution >= 4 is 11.7 Å². The number of nitro groups is 1. The van der Waals surface area contributed by atoms with Gasteiger partial charge < -0.3 is 4.74 Å². The van der Waals surface area contributed by atoms with Crippen molar-refractivity contribution in [2.24, 2.45) is 5.92 Å². The molecule has 2 rings (SSSR count). The van der Waals surface area contributed by atoms with Gasteiger partial charge in [-0.05, 0) is 30.9 Å². The normalized spacial score (nSPS) is 15.8. The lowest BCUT2D eigenvalue weighted by Gasteiger charge is -2.20. The number of rotatable bonds is 4. The van der Waals surface area contributed by atoms with Crippen LogP contribution in [0.3, 0.4) is 0 Å². The number of nitro benzene ring substituents is 1. The van der Waals surface area contributed by atoms with Crippen molar-refractivity contribution < 1.29 is 18.8 Å². The Labute approximate surface area is 115 Å². The summed E-state index contributed by atoms with van der Waals surface area (Å²) in [7, 11) is 0. The molecule has 1 aliphatic carbocycles. The molecular weight excluding hydrogens is 265 g/mol. The van der Waals surface area contributed by atoms with E-state index in [1.807, 2.05) is 0 Å². The highest BCUT2D eigenvalue weighted by Crippen LogP contribution is 2.24. The van der Waals surface area contributed by atoms with E-state index in [9.17, 15) is 19.3 Å². The molecule has 0 bridgehead atoms.